The number of halogens is 2. The van der Waals surface area contributed by atoms with Crippen molar-refractivity contribution in [3.63, 3.8) is 0 Å². The topological polar surface area (TPSA) is 99.0 Å². The number of amides is 2. The Hall–Kier alpha value is -3.41. The smallest absolute Gasteiger partial charge is 0.254 e. The van der Waals surface area contributed by atoms with Crippen LogP contribution >= 0.6 is 0 Å². The van der Waals surface area contributed by atoms with Gasteiger partial charge in [-0.15, -0.1) is 0 Å². The second-order valence-electron chi connectivity index (χ2n) is 7.74. The van der Waals surface area contributed by atoms with E-state index in [9.17, 15) is 18.4 Å². The molecule has 30 heavy (non-hydrogen) atoms. The average molecular weight is 411 g/mol. The lowest BCUT2D eigenvalue weighted by atomic mass is 9.96. The fourth-order valence-electron chi connectivity index (χ4n) is 3.33. The Morgan fingerprint density at radius 2 is 2.00 bits per heavy atom. The zero-order valence-electron chi connectivity index (χ0n) is 16.2. The number of benzene rings is 1. The minimum atomic E-state index is -1.37. The Bertz CT molecular complexity index is 1050. The van der Waals surface area contributed by atoms with Crippen molar-refractivity contribution in [3.05, 3.63) is 52.8 Å². The Morgan fingerprint density at radius 1 is 1.33 bits per heavy atom. The molecule has 1 aromatic carbocycles. The molecule has 2 aliphatic rings. The van der Waals surface area contributed by atoms with Crippen LogP contribution in [0.15, 0.2) is 30.6 Å². The minimum absolute atomic E-state index is 0.0146. The van der Waals surface area contributed by atoms with E-state index < -0.39 is 29.6 Å². The van der Waals surface area contributed by atoms with Gasteiger partial charge in [-0.05, 0) is 36.5 Å². The van der Waals surface area contributed by atoms with Crippen LogP contribution in [0.3, 0.4) is 0 Å². The van der Waals surface area contributed by atoms with Crippen molar-refractivity contribution in [3.8, 4) is 6.07 Å². The summed E-state index contributed by atoms with van der Waals surface area (Å²) >= 11 is 0. The highest BCUT2D eigenvalue weighted by Gasteiger charge is 2.47. The Kier molecular flexibility index (Phi) is 4.94. The van der Waals surface area contributed by atoms with E-state index in [0.29, 0.717) is 30.4 Å². The lowest BCUT2D eigenvalue weighted by Gasteiger charge is -2.19. The number of aromatic nitrogens is 2. The molecular formula is C21H19F2N5O2. The van der Waals surface area contributed by atoms with Gasteiger partial charge in [0.1, 0.15) is 17.9 Å². The molecule has 2 atom stereocenters. The Balaban J connectivity index is 1.46. The molecule has 2 aromatic rings. The van der Waals surface area contributed by atoms with Crippen molar-refractivity contribution in [2.24, 2.45) is 0 Å². The van der Waals surface area contributed by atoms with Crippen molar-refractivity contribution in [2.75, 3.05) is 18.9 Å². The summed E-state index contributed by atoms with van der Waals surface area (Å²) in [7, 11) is 1.45. The summed E-state index contributed by atoms with van der Waals surface area (Å²) in [6.07, 6.45) is 2.67. The molecule has 0 bridgehead atoms. The number of carbonyl (C=O) groups is 2. The van der Waals surface area contributed by atoms with Crippen LogP contribution in [-0.2, 0) is 10.5 Å². The van der Waals surface area contributed by atoms with Gasteiger partial charge in [0.15, 0.2) is 0 Å². The van der Waals surface area contributed by atoms with Crippen LogP contribution in [0.2, 0.25) is 0 Å². The molecule has 7 nitrogen and oxygen atoms in total. The highest BCUT2D eigenvalue weighted by Crippen LogP contribution is 2.52. The van der Waals surface area contributed by atoms with E-state index in [1.165, 1.54) is 30.4 Å². The summed E-state index contributed by atoms with van der Waals surface area (Å²) in [6.45, 7) is -0.278. The maximum Gasteiger partial charge on any atom is 0.254 e. The maximum atomic E-state index is 14.4. The molecule has 0 spiro atoms. The van der Waals surface area contributed by atoms with Gasteiger partial charge in [-0.3, -0.25) is 14.9 Å². The monoisotopic (exact) mass is 411 g/mol. The third-order valence-electron chi connectivity index (χ3n) is 5.36. The van der Waals surface area contributed by atoms with Gasteiger partial charge in [0.05, 0.1) is 24.5 Å². The van der Waals surface area contributed by atoms with Gasteiger partial charge in [0.2, 0.25) is 11.9 Å². The number of nitrogens with zero attached hydrogens (tertiary/aromatic N) is 4. The third-order valence-corrected chi connectivity index (χ3v) is 5.36. The number of nitrogens with one attached hydrogen (secondary N) is 1. The summed E-state index contributed by atoms with van der Waals surface area (Å²) in [6, 6.07) is 6.56. The van der Waals surface area contributed by atoms with Gasteiger partial charge in [0.25, 0.3) is 5.91 Å². The molecule has 2 aliphatic carbocycles. The standard InChI is InChI=1S/C21H19F2N5O2/c1-28(11-18(29)27-20-25-9-12(8-24)10-26-20)19(30)14-3-2-13(21(23)4-5-21)6-15(14)16-7-17(16)22/h2-3,6,9-10,16-17H,4-5,7,11H2,1H3,(H,25,26,27,29)/t16-,17+/m0/s1. The van der Waals surface area contributed by atoms with Crippen LogP contribution in [0.5, 0.6) is 0 Å². The number of nitriles is 1. The highest BCUT2D eigenvalue weighted by molar-refractivity contribution is 6.00. The lowest BCUT2D eigenvalue weighted by molar-refractivity contribution is -0.116. The van der Waals surface area contributed by atoms with E-state index in [0.717, 1.165) is 0 Å². The van der Waals surface area contributed by atoms with Gasteiger partial charge in [-0.2, -0.15) is 5.26 Å². The van der Waals surface area contributed by atoms with Crippen LogP contribution in [0, 0.1) is 11.3 Å². The van der Waals surface area contributed by atoms with E-state index >= 15 is 0 Å². The fraction of sp³-hybridized carbons (Fsp3) is 0.381. The number of hydrogen-bond acceptors (Lipinski definition) is 5. The summed E-state index contributed by atoms with van der Waals surface area (Å²) in [5.41, 5.74) is 0.133. The van der Waals surface area contributed by atoms with E-state index in [4.69, 9.17) is 5.26 Å². The molecule has 2 amide bonds. The molecule has 1 aromatic heterocycles. The average Bonchev–Trinajstić information content (AvgIpc) is 3.66. The molecule has 2 fully saturated rings. The molecule has 154 valence electrons. The largest absolute Gasteiger partial charge is 0.332 e. The first-order valence-corrected chi connectivity index (χ1v) is 9.55. The first-order valence-electron chi connectivity index (χ1n) is 9.55. The first-order chi connectivity index (χ1) is 14.3. The lowest BCUT2D eigenvalue weighted by Crippen LogP contribution is -2.35. The van der Waals surface area contributed by atoms with E-state index in [-0.39, 0.29) is 23.6 Å². The van der Waals surface area contributed by atoms with Crippen LogP contribution in [0.1, 0.15) is 52.2 Å². The van der Waals surface area contributed by atoms with Crippen molar-refractivity contribution in [1.82, 2.24) is 14.9 Å². The molecule has 2 saturated carbocycles. The van der Waals surface area contributed by atoms with Crippen molar-refractivity contribution >= 4 is 17.8 Å². The van der Waals surface area contributed by atoms with Gasteiger partial charge < -0.3 is 4.90 Å². The normalized spacial score (nSPS) is 20.7. The third kappa shape index (κ3) is 3.99. The zero-order chi connectivity index (χ0) is 21.5. The fourth-order valence-corrected chi connectivity index (χ4v) is 3.33. The molecule has 0 saturated heterocycles. The van der Waals surface area contributed by atoms with E-state index in [1.54, 1.807) is 12.1 Å². The molecule has 0 aliphatic heterocycles. The second kappa shape index (κ2) is 7.44. The summed E-state index contributed by atoms with van der Waals surface area (Å²) in [5.74, 6) is -1.37. The quantitative estimate of drug-likeness (QED) is 0.788. The maximum absolute atomic E-state index is 14.4. The van der Waals surface area contributed by atoms with Crippen molar-refractivity contribution in [1.29, 1.82) is 5.26 Å². The predicted molar refractivity (Wildman–Crippen MR) is 103 cm³/mol. The molecule has 4 rings (SSSR count). The van der Waals surface area contributed by atoms with Gasteiger partial charge >= 0.3 is 0 Å². The predicted octanol–water partition coefficient (Wildman–Crippen LogP) is 2.84. The highest BCUT2D eigenvalue weighted by atomic mass is 19.1. The van der Waals surface area contributed by atoms with Crippen LogP contribution in [-0.4, -0.2) is 46.4 Å². The van der Waals surface area contributed by atoms with Crippen molar-refractivity contribution < 1.29 is 18.4 Å². The van der Waals surface area contributed by atoms with Crippen LogP contribution in [0.25, 0.3) is 0 Å². The van der Waals surface area contributed by atoms with Gasteiger partial charge in [-0.25, -0.2) is 18.7 Å². The number of anilines is 1. The number of alkyl halides is 2. The zero-order valence-corrected chi connectivity index (χ0v) is 16.2. The molecular weight excluding hydrogens is 392 g/mol. The second-order valence-corrected chi connectivity index (χ2v) is 7.74. The first kappa shape index (κ1) is 19.9. The molecule has 9 heteroatoms. The van der Waals surface area contributed by atoms with Gasteiger partial charge in [0, 0.05) is 18.5 Å². The molecule has 0 radical (unpaired) electrons. The Morgan fingerprint density at radius 3 is 2.57 bits per heavy atom. The van der Waals surface area contributed by atoms with E-state index in [2.05, 4.69) is 15.3 Å². The van der Waals surface area contributed by atoms with Gasteiger partial charge in [-0.1, -0.05) is 12.1 Å². The number of hydrogen-bond donors (Lipinski definition) is 1. The number of rotatable bonds is 6. The molecule has 1 N–H and O–H groups in total. The van der Waals surface area contributed by atoms with Crippen LogP contribution in [0.4, 0.5) is 14.7 Å². The van der Waals surface area contributed by atoms with Crippen molar-refractivity contribution in [2.45, 2.75) is 37.0 Å². The summed E-state index contributed by atoms with van der Waals surface area (Å²) in [4.78, 5) is 34.0. The summed E-state index contributed by atoms with van der Waals surface area (Å²) < 4.78 is 28.2. The number of likely N-dealkylation sites (N-methyl/N-ethyl adjacent to an activating group) is 1. The van der Waals surface area contributed by atoms with E-state index in [1.807, 2.05) is 6.07 Å². The summed E-state index contributed by atoms with van der Waals surface area (Å²) in [5, 5.41) is 11.2. The number of carbonyl (C=O) groups excluding carboxylic acids is 2. The molecule has 1 heterocycles. The minimum Gasteiger partial charge on any atom is -0.332 e. The van der Waals surface area contributed by atoms with Crippen LogP contribution < -0.4 is 5.32 Å². The Labute approximate surface area is 171 Å². The SMILES string of the molecule is CN(CC(=O)Nc1ncc(C#N)cn1)C(=O)c1ccc(C2(F)CC2)cc1[C@@H]1C[C@H]1F. The molecule has 0 unspecified atom stereocenters.